The third kappa shape index (κ3) is 30.6. The zero-order valence-electron chi connectivity index (χ0n) is 54.5. The largest absolute Gasteiger partial charge is 0.490 e. The summed E-state index contributed by atoms with van der Waals surface area (Å²) in [5, 5.41) is 60.1. The number of alkyl carbamates (subject to hydrolysis) is 1. The Hall–Kier alpha value is -8.52. The predicted molar refractivity (Wildman–Crippen MR) is 352 cm³/mol. The van der Waals surface area contributed by atoms with Gasteiger partial charge in [-0.2, -0.15) is 49.9 Å². The second-order valence-corrected chi connectivity index (χ2v) is 25.5. The molecule has 2 saturated heterocycles. The van der Waals surface area contributed by atoms with Crippen LogP contribution >= 0.6 is 23.5 Å². The fraction of sp³-hybridized carbons (Fsp3) is 0.607. The summed E-state index contributed by atoms with van der Waals surface area (Å²) in [4.78, 5) is 130. The van der Waals surface area contributed by atoms with Crippen molar-refractivity contribution in [2.75, 3.05) is 69.4 Å². The molecule has 30 nitrogen and oxygen atoms in total. The number of alkyl halides is 6. The number of carboxylic acids is 4. The number of aliphatic imine (C=N–C) groups is 2. The maximum absolute atomic E-state index is 14.0. The summed E-state index contributed by atoms with van der Waals surface area (Å²) in [7, 11) is 0. The minimum atomic E-state index is -5.08. The molecule has 17 N–H and O–H groups in total. The van der Waals surface area contributed by atoms with E-state index in [2.05, 4.69) is 57.8 Å². The van der Waals surface area contributed by atoms with Gasteiger partial charge in [0.15, 0.2) is 11.9 Å². The lowest BCUT2D eigenvalue weighted by Gasteiger charge is -2.19. The van der Waals surface area contributed by atoms with Gasteiger partial charge in [-0.3, -0.25) is 19.2 Å². The summed E-state index contributed by atoms with van der Waals surface area (Å²) in [6, 6.07) is 8.66. The molecule has 552 valence electrons. The van der Waals surface area contributed by atoms with Gasteiger partial charge < -0.3 is 94.0 Å². The Morgan fingerprint density at radius 3 is 1.51 bits per heavy atom. The number of nitrogens with two attached hydrogens (primary N) is 2. The van der Waals surface area contributed by atoms with Crippen LogP contribution in [0.4, 0.5) is 41.6 Å². The third-order valence-corrected chi connectivity index (χ3v) is 18.4. The Bertz CT molecular complexity index is 3080. The van der Waals surface area contributed by atoms with Crippen LogP contribution in [0.2, 0.25) is 0 Å². The van der Waals surface area contributed by atoms with Gasteiger partial charge in [0.25, 0.3) is 11.8 Å². The number of ether oxygens (including phenoxy) is 3. The number of amides is 7. The molecular formula is C61H87F6N13O17S2. The van der Waals surface area contributed by atoms with Gasteiger partial charge in [0.2, 0.25) is 11.8 Å². The number of halogens is 6. The number of guanidine groups is 2. The summed E-state index contributed by atoms with van der Waals surface area (Å²) < 4.78 is 79.7. The van der Waals surface area contributed by atoms with Gasteiger partial charge >= 0.3 is 48.4 Å². The van der Waals surface area contributed by atoms with Crippen molar-refractivity contribution >= 4 is 101 Å². The van der Waals surface area contributed by atoms with Crippen LogP contribution in [0.25, 0.3) is 0 Å². The minimum Gasteiger partial charge on any atom is -0.480 e. The van der Waals surface area contributed by atoms with Gasteiger partial charge in [-0.1, -0.05) is 43.2 Å². The predicted octanol–water partition coefficient (Wildman–Crippen LogP) is 4.25. The minimum absolute atomic E-state index is 0.0991. The number of fused-ring (bicyclic) bond motifs is 2. The number of carboxylic acid groups (broad SMARTS) is 4. The first-order valence-electron chi connectivity index (χ1n) is 31.8. The van der Waals surface area contributed by atoms with Gasteiger partial charge in [-0.25, -0.2) is 38.8 Å². The van der Waals surface area contributed by atoms with Crippen molar-refractivity contribution in [2.24, 2.45) is 21.5 Å². The molecule has 2 aromatic rings. The number of hydrogen-bond donors (Lipinski definition) is 15. The van der Waals surface area contributed by atoms with Crippen molar-refractivity contribution in [1.29, 1.82) is 0 Å². The first kappa shape index (κ1) is 82.9. The fourth-order valence-electron chi connectivity index (χ4n) is 10.4. The number of rotatable bonds is 38. The standard InChI is InChI=1S/C57H85N13O13S2.2C2HF3O2/c1-34-37(50(73)60-22-12-10-16-38(52(75)76)64-45(71)20-8-6-18-43-48-41(32-84-43)66-54(58)69-48)30-40(68-56(79)62-24-26-81-28-29-82-27-25-63-57(80)83-31-36-14-4-3-5-15-36)35(2)47(34)51(74)61-23-13-11-17-39(53(77)78)65-46(72)21-9-7-19-44-49-42(33-85-44)67-55(59)70-49;2*3-2(4,5)1(6)7/h3-5,14-15,30,38-39,41-44,48-49H,6-13,16-29,31-33H2,1-2H3,(H,60,73)(H,61,74)(H,63,80)(H,64,71)(H,65,72)(H,75,76)(H,77,78)(H3,58,66,69)(H3,59,67,70)(H2,62,68,79);2*(H,6,7)/t38-,39-,41-,42-,43-,44-,48-,49-;;/m0../s1. The van der Waals surface area contributed by atoms with Crippen LogP contribution in [0.3, 0.4) is 0 Å². The Balaban J connectivity index is 0.00000134. The Morgan fingerprint density at radius 2 is 1.05 bits per heavy atom. The maximum Gasteiger partial charge on any atom is 0.490 e. The number of aliphatic carboxylic acids is 4. The van der Waals surface area contributed by atoms with Crippen molar-refractivity contribution < 1.29 is 109 Å². The number of anilines is 1. The number of unbranched alkanes of at least 4 members (excludes halogenated alkanes) is 4. The lowest BCUT2D eigenvalue weighted by Crippen LogP contribution is -2.40. The summed E-state index contributed by atoms with van der Waals surface area (Å²) in [5.74, 6) is -6.83. The normalized spacial score (nSPS) is 18.6. The zero-order chi connectivity index (χ0) is 73.2. The monoisotopic (exact) mass is 1450 g/mol. The van der Waals surface area contributed by atoms with Crippen molar-refractivity contribution in [3.8, 4) is 0 Å². The summed E-state index contributed by atoms with van der Waals surface area (Å²) in [6.07, 6.45) is -4.09. The van der Waals surface area contributed by atoms with E-state index in [-0.39, 0.29) is 138 Å². The van der Waals surface area contributed by atoms with Gasteiger partial charge in [0, 0.05) is 77.8 Å². The molecule has 4 aliphatic rings. The molecule has 99 heavy (non-hydrogen) atoms. The number of carbonyl (C=O) groups is 10. The average Bonchev–Trinajstić information content (AvgIpc) is 1.69. The van der Waals surface area contributed by atoms with Crippen LogP contribution in [0.5, 0.6) is 0 Å². The molecule has 0 radical (unpaired) electrons. The summed E-state index contributed by atoms with van der Waals surface area (Å²) in [5.41, 5.74) is 13.7. The molecule has 2 fully saturated rings. The highest BCUT2D eigenvalue weighted by molar-refractivity contribution is 8.00. The second kappa shape index (κ2) is 42.4. The molecule has 0 aliphatic carbocycles. The fourth-order valence-corrected chi connectivity index (χ4v) is 13.5. The molecule has 0 aromatic heterocycles. The van der Waals surface area contributed by atoms with Crippen molar-refractivity contribution in [1.82, 2.24) is 42.5 Å². The Morgan fingerprint density at radius 1 is 0.596 bits per heavy atom. The van der Waals surface area contributed by atoms with Crippen molar-refractivity contribution in [2.45, 2.75) is 169 Å². The molecule has 4 aliphatic heterocycles. The van der Waals surface area contributed by atoms with Gasteiger partial charge in [0.1, 0.15) is 18.7 Å². The molecule has 38 heteroatoms. The van der Waals surface area contributed by atoms with Crippen LogP contribution < -0.4 is 59.3 Å². The molecule has 4 heterocycles. The van der Waals surface area contributed by atoms with Gasteiger partial charge in [0.05, 0.1) is 50.6 Å². The van der Waals surface area contributed by atoms with E-state index >= 15 is 0 Å². The van der Waals surface area contributed by atoms with Gasteiger partial charge in [-0.05, 0) is 101 Å². The first-order chi connectivity index (χ1) is 46.9. The molecule has 0 unspecified atom stereocenters. The molecule has 0 saturated carbocycles. The van der Waals surface area contributed by atoms with Crippen LogP contribution in [0.15, 0.2) is 46.4 Å². The number of nitrogens with zero attached hydrogens (tertiary/aromatic N) is 2. The van der Waals surface area contributed by atoms with E-state index < -0.39 is 72.3 Å². The number of carbonyl (C=O) groups excluding carboxylic acids is 6. The van der Waals surface area contributed by atoms with Crippen LogP contribution in [-0.4, -0.2) is 215 Å². The summed E-state index contributed by atoms with van der Waals surface area (Å²) in [6.45, 7) is 4.80. The highest BCUT2D eigenvalue weighted by atomic mass is 32.2. The molecule has 0 bridgehead atoms. The summed E-state index contributed by atoms with van der Waals surface area (Å²) >= 11 is 3.68. The van der Waals surface area contributed by atoms with E-state index in [1.807, 2.05) is 53.9 Å². The quantitative estimate of drug-likeness (QED) is 0.0330. The average molecular weight is 1450 g/mol. The molecular weight excluding hydrogens is 1360 g/mol. The van der Waals surface area contributed by atoms with E-state index in [0.717, 1.165) is 42.8 Å². The third-order valence-electron chi connectivity index (χ3n) is 15.5. The number of benzene rings is 2. The van der Waals surface area contributed by atoms with Crippen LogP contribution in [0, 0.1) is 13.8 Å². The van der Waals surface area contributed by atoms with Crippen molar-refractivity contribution in [3.05, 3.63) is 64.2 Å². The van der Waals surface area contributed by atoms with E-state index in [0.29, 0.717) is 72.1 Å². The molecule has 8 atom stereocenters. The highest BCUT2D eigenvalue weighted by Gasteiger charge is 2.42. The zero-order valence-corrected chi connectivity index (χ0v) is 56.1. The van der Waals surface area contributed by atoms with E-state index in [1.165, 1.54) is 6.07 Å². The number of thioether (sulfide) groups is 2. The molecule has 2 aromatic carbocycles. The highest BCUT2D eigenvalue weighted by Crippen LogP contribution is 2.36. The topological polar surface area (TPSA) is 464 Å². The lowest BCUT2D eigenvalue weighted by molar-refractivity contribution is -0.193. The molecule has 0 spiro atoms. The van der Waals surface area contributed by atoms with E-state index in [9.17, 15) is 74.9 Å². The maximum atomic E-state index is 14.0. The number of urea groups is 1. The second-order valence-electron chi connectivity index (χ2n) is 23.0. The lowest BCUT2D eigenvalue weighted by atomic mass is 9.94. The smallest absolute Gasteiger partial charge is 0.480 e. The van der Waals surface area contributed by atoms with Crippen LogP contribution in [-0.2, 0) is 49.6 Å². The van der Waals surface area contributed by atoms with E-state index in [1.54, 1.807) is 13.8 Å². The Labute approximate surface area is 574 Å². The SMILES string of the molecule is Cc1c(NC(=O)NCCOCCOCCNC(=O)OCc2ccccc2)cc(C(=O)NCCCC[C@H](NC(=O)CCCC[C@@H]2SC[C@@H]3NC(N)=N[C@@H]32)C(=O)O)c(C)c1C(=O)NCCCC[C@H](NC(=O)CCCC[C@@H]1SC[C@@H]2NC(N)=N[C@@H]21)C(=O)O.O=C(O)C(F)(F)F.O=C(O)C(F)(F)F. The van der Waals surface area contributed by atoms with E-state index in [4.69, 9.17) is 45.5 Å². The van der Waals surface area contributed by atoms with Crippen molar-refractivity contribution in [3.63, 3.8) is 0 Å². The van der Waals surface area contributed by atoms with Crippen LogP contribution in [0.1, 0.15) is 127 Å². The number of nitrogens with one attached hydrogen (secondary N) is 9. The molecule has 7 amide bonds. The number of hydrogen-bond acceptors (Lipinski definition) is 21. The van der Waals surface area contributed by atoms with Gasteiger partial charge in [-0.15, -0.1) is 0 Å². The first-order valence-corrected chi connectivity index (χ1v) is 33.9. The Kier molecular flexibility index (Phi) is 35.5. The molecule has 6 rings (SSSR count).